The summed E-state index contributed by atoms with van der Waals surface area (Å²) in [6.07, 6.45) is -6.71. The Morgan fingerprint density at radius 3 is 1.85 bits per heavy atom. The number of rotatable bonds is 13. The fourth-order valence-corrected chi connectivity index (χ4v) is 4.22. The molecule has 0 amide bonds. The number of hydrogen-bond donors (Lipinski definition) is 0. The lowest BCUT2D eigenvalue weighted by Crippen LogP contribution is -2.43. The maximum Gasteiger partial charge on any atom is 0.523 e. The summed E-state index contributed by atoms with van der Waals surface area (Å²) in [5, 5.41) is 21.7. The molecule has 0 radical (unpaired) electrons. The second-order valence-corrected chi connectivity index (χ2v) is 10.4. The Morgan fingerprint density at radius 2 is 1.40 bits per heavy atom. The highest BCUT2D eigenvalue weighted by Gasteiger charge is 2.55. The van der Waals surface area contributed by atoms with Crippen molar-refractivity contribution in [1.82, 2.24) is 0 Å². The van der Waals surface area contributed by atoms with E-state index in [0.717, 1.165) is 0 Å². The zero-order valence-electron chi connectivity index (χ0n) is 21.1. The Morgan fingerprint density at radius 1 is 0.900 bits per heavy atom. The molecule has 2 aromatic carbocycles. The smallest absolute Gasteiger partial charge is 0.374 e. The van der Waals surface area contributed by atoms with Crippen LogP contribution in [0.25, 0.3) is 0 Å². The maximum atomic E-state index is 13.2. The first kappa shape index (κ1) is 31.3. The van der Waals surface area contributed by atoms with Crippen molar-refractivity contribution >= 4 is 21.5 Å². The number of halogens is 3. The molecule has 2 aromatic rings. The van der Waals surface area contributed by atoms with Crippen LogP contribution in [-0.4, -0.2) is 61.1 Å². The summed E-state index contributed by atoms with van der Waals surface area (Å²) < 4.78 is 90.3. The highest BCUT2D eigenvalue weighted by molar-refractivity contribution is 7.87. The van der Waals surface area contributed by atoms with Crippen LogP contribution in [0.3, 0.4) is 0 Å². The Balaban J connectivity index is 1.81. The molecule has 0 saturated carbocycles. The second-order valence-electron chi connectivity index (χ2n) is 8.83. The van der Waals surface area contributed by atoms with Crippen molar-refractivity contribution in [2.45, 2.75) is 63.3 Å². The van der Waals surface area contributed by atoms with Crippen molar-refractivity contribution in [3.63, 3.8) is 0 Å². The molecule has 0 spiro atoms. The molecule has 0 unspecified atom stereocenters. The van der Waals surface area contributed by atoms with Crippen molar-refractivity contribution in [3.8, 4) is 0 Å². The summed E-state index contributed by atoms with van der Waals surface area (Å²) in [7, 11) is -6.09. The van der Waals surface area contributed by atoms with Crippen LogP contribution >= 0.6 is 0 Å². The predicted molar refractivity (Wildman–Crippen MR) is 129 cm³/mol. The van der Waals surface area contributed by atoms with Gasteiger partial charge < -0.3 is 18.9 Å². The summed E-state index contributed by atoms with van der Waals surface area (Å²) >= 11 is 0. The van der Waals surface area contributed by atoms with E-state index in [0.29, 0.717) is 11.1 Å². The topological polar surface area (TPSA) is 167 Å². The molecule has 220 valence electrons. The minimum atomic E-state index is -6.09. The van der Waals surface area contributed by atoms with Crippen LogP contribution in [0, 0.1) is 20.2 Å². The molecule has 1 aliphatic rings. The number of ether oxygens (including phenoxy) is 4. The van der Waals surface area contributed by atoms with E-state index in [4.69, 9.17) is 18.9 Å². The van der Waals surface area contributed by atoms with Gasteiger partial charge in [-0.3, -0.25) is 24.4 Å². The number of benzene rings is 2. The maximum absolute atomic E-state index is 13.2. The number of non-ortho nitro benzene ring substituents is 2. The second kappa shape index (κ2) is 13.0. The predicted octanol–water partition coefficient (Wildman–Crippen LogP) is 3.99. The van der Waals surface area contributed by atoms with Gasteiger partial charge in [0.25, 0.3) is 11.4 Å². The SMILES string of the molecule is CC(C)O[C@H]1O[C@H](COCc2ccc([N+](=O)[O-])cc2)[C@@H](OCc2ccc([N+](=O)[O-])cc2)[C@@H]1OS(=O)(=O)C(F)(F)F. The molecule has 13 nitrogen and oxygen atoms in total. The third-order valence-corrected chi connectivity index (χ3v) is 6.53. The number of hydrogen-bond acceptors (Lipinski definition) is 11. The minimum Gasteiger partial charge on any atom is -0.374 e. The van der Waals surface area contributed by atoms with Gasteiger partial charge in [-0.05, 0) is 49.2 Å². The summed E-state index contributed by atoms with van der Waals surface area (Å²) in [6, 6.07) is 10.5. The average molecular weight is 595 g/mol. The van der Waals surface area contributed by atoms with E-state index in [2.05, 4.69) is 4.18 Å². The lowest BCUT2D eigenvalue weighted by molar-refractivity contribution is -0.385. The zero-order chi connectivity index (χ0) is 29.7. The lowest BCUT2D eigenvalue weighted by Gasteiger charge is -2.25. The van der Waals surface area contributed by atoms with Crippen molar-refractivity contribution in [1.29, 1.82) is 0 Å². The average Bonchev–Trinajstić information content (AvgIpc) is 3.17. The third-order valence-electron chi connectivity index (χ3n) is 5.48. The summed E-state index contributed by atoms with van der Waals surface area (Å²) in [6.45, 7) is 2.40. The number of nitro groups is 2. The Hall–Kier alpha value is -3.22. The van der Waals surface area contributed by atoms with Gasteiger partial charge in [0.15, 0.2) is 12.4 Å². The normalized spacial score (nSPS) is 21.6. The molecule has 0 N–H and O–H groups in total. The van der Waals surface area contributed by atoms with Gasteiger partial charge in [0.2, 0.25) is 0 Å². The van der Waals surface area contributed by atoms with Crippen molar-refractivity contribution in [2.75, 3.05) is 6.61 Å². The van der Waals surface area contributed by atoms with Gasteiger partial charge in [0.1, 0.15) is 12.2 Å². The van der Waals surface area contributed by atoms with Crippen LogP contribution in [0.4, 0.5) is 24.5 Å². The minimum absolute atomic E-state index is 0.0744. The monoisotopic (exact) mass is 594 g/mol. The molecule has 1 fully saturated rings. The fourth-order valence-electron chi connectivity index (χ4n) is 3.62. The van der Waals surface area contributed by atoms with E-state index in [9.17, 15) is 41.8 Å². The summed E-state index contributed by atoms with van der Waals surface area (Å²) in [5.74, 6) is 0. The fraction of sp³-hybridized carbons (Fsp3) is 0.478. The molecule has 4 atom stereocenters. The standard InChI is InChI=1S/C23H25F3N2O11S/c1-14(2)37-22-21(39-40(33,34)23(24,25)26)20(36-12-16-5-9-18(10-6-16)28(31)32)19(38-22)13-35-11-15-3-7-17(8-4-15)27(29)30/h3-10,14,19-22H,11-13H2,1-2H3/t19-,20-,21+,22+/m1/s1. The van der Waals surface area contributed by atoms with Crippen LogP contribution < -0.4 is 0 Å². The summed E-state index contributed by atoms with van der Waals surface area (Å²) in [4.78, 5) is 20.5. The van der Waals surface area contributed by atoms with Gasteiger partial charge in [0, 0.05) is 24.3 Å². The Labute approximate surface area is 226 Å². The van der Waals surface area contributed by atoms with Crippen molar-refractivity contribution in [3.05, 3.63) is 79.9 Å². The molecule has 3 rings (SSSR count). The van der Waals surface area contributed by atoms with E-state index < -0.39 is 56.2 Å². The van der Waals surface area contributed by atoms with E-state index >= 15 is 0 Å². The van der Waals surface area contributed by atoms with E-state index in [1.807, 2.05) is 0 Å². The third kappa shape index (κ3) is 8.15. The molecular formula is C23H25F3N2O11S. The van der Waals surface area contributed by atoms with E-state index in [1.54, 1.807) is 13.8 Å². The zero-order valence-corrected chi connectivity index (χ0v) is 21.9. The van der Waals surface area contributed by atoms with E-state index in [-0.39, 0.29) is 31.2 Å². The Kier molecular flexibility index (Phi) is 10.1. The highest BCUT2D eigenvalue weighted by Crippen LogP contribution is 2.34. The Bertz CT molecular complexity index is 1270. The lowest BCUT2D eigenvalue weighted by atomic mass is 10.1. The molecule has 17 heteroatoms. The van der Waals surface area contributed by atoms with Crippen LogP contribution in [0.1, 0.15) is 25.0 Å². The molecule has 1 saturated heterocycles. The molecule has 40 heavy (non-hydrogen) atoms. The van der Waals surface area contributed by atoms with Crippen molar-refractivity contribution < 1.29 is 54.6 Å². The highest BCUT2D eigenvalue weighted by atomic mass is 32.2. The van der Waals surface area contributed by atoms with Gasteiger partial charge in [-0.15, -0.1) is 0 Å². The van der Waals surface area contributed by atoms with Gasteiger partial charge in [0.05, 0.1) is 35.8 Å². The molecule has 0 aromatic heterocycles. The van der Waals surface area contributed by atoms with Crippen LogP contribution in [-0.2, 0) is 46.5 Å². The van der Waals surface area contributed by atoms with Crippen molar-refractivity contribution in [2.24, 2.45) is 0 Å². The van der Waals surface area contributed by atoms with Gasteiger partial charge in [-0.2, -0.15) is 21.6 Å². The van der Waals surface area contributed by atoms with Crippen LogP contribution in [0.5, 0.6) is 0 Å². The molecule has 0 bridgehead atoms. The van der Waals surface area contributed by atoms with E-state index in [1.165, 1.54) is 48.5 Å². The summed E-state index contributed by atoms with van der Waals surface area (Å²) in [5.41, 5.74) is -5.14. The molecule has 0 aliphatic carbocycles. The van der Waals surface area contributed by atoms with Crippen LogP contribution in [0.15, 0.2) is 48.5 Å². The van der Waals surface area contributed by atoms with Gasteiger partial charge in [-0.1, -0.05) is 0 Å². The number of nitrogens with zero attached hydrogens (tertiary/aromatic N) is 2. The molecular weight excluding hydrogens is 569 g/mol. The van der Waals surface area contributed by atoms with Gasteiger partial charge in [-0.25, -0.2) is 0 Å². The first-order valence-electron chi connectivity index (χ1n) is 11.6. The largest absolute Gasteiger partial charge is 0.523 e. The van der Waals surface area contributed by atoms with Gasteiger partial charge >= 0.3 is 15.6 Å². The molecule has 1 heterocycles. The van der Waals surface area contributed by atoms with Crippen LogP contribution in [0.2, 0.25) is 0 Å². The first-order chi connectivity index (χ1) is 18.7. The first-order valence-corrected chi connectivity index (χ1v) is 13.0. The number of alkyl halides is 3. The molecule has 1 aliphatic heterocycles. The quantitative estimate of drug-likeness (QED) is 0.142. The number of nitro benzene ring substituents is 2.